The van der Waals surface area contributed by atoms with Gasteiger partial charge in [-0.1, -0.05) is 39.9 Å². The maximum Gasteiger partial charge on any atom is 0.300 e. The Morgan fingerprint density at radius 2 is 1.75 bits per heavy atom. The third-order valence-electron chi connectivity index (χ3n) is 1.55. The van der Waals surface area contributed by atoms with E-state index in [1.165, 1.54) is 23.5 Å². The highest BCUT2D eigenvalue weighted by Gasteiger charge is 2.10. The highest BCUT2D eigenvalue weighted by molar-refractivity contribution is 9.11. The first-order chi connectivity index (χ1) is 7.56. The molecule has 8 heteroatoms. The van der Waals surface area contributed by atoms with Crippen molar-refractivity contribution < 1.29 is 4.74 Å². The third kappa shape index (κ3) is 2.78. The Morgan fingerprint density at radius 1 is 1.06 bits per heavy atom. The lowest BCUT2D eigenvalue weighted by Gasteiger charge is -2.05. The lowest BCUT2D eigenvalue weighted by molar-refractivity contribution is 0.473. The zero-order valence-corrected chi connectivity index (χ0v) is 12.0. The van der Waals surface area contributed by atoms with E-state index in [9.17, 15) is 0 Å². The van der Waals surface area contributed by atoms with E-state index >= 15 is 0 Å². The van der Waals surface area contributed by atoms with Gasteiger partial charge >= 0.3 is 0 Å². The number of benzene rings is 1. The summed E-state index contributed by atoms with van der Waals surface area (Å²) in [6, 6.07) is 3.04. The Bertz CT molecular complexity index is 534. The molecule has 3 nitrogen and oxygen atoms in total. The van der Waals surface area contributed by atoms with E-state index < -0.39 is 0 Å². The van der Waals surface area contributed by atoms with Crippen molar-refractivity contribution in [2.75, 3.05) is 0 Å². The number of hydrogen-bond donors (Lipinski definition) is 0. The van der Waals surface area contributed by atoms with Crippen molar-refractivity contribution in [3.8, 4) is 10.9 Å². The normalized spacial score (nSPS) is 10.5. The molecule has 84 valence electrons. The predicted octanol–water partition coefficient (Wildman–Crippen LogP) is 5.05. The molecule has 2 aromatic rings. The van der Waals surface area contributed by atoms with Crippen LogP contribution in [0.15, 0.2) is 16.0 Å². The highest BCUT2D eigenvalue weighted by atomic mass is 79.9. The molecule has 1 heterocycles. The second kappa shape index (κ2) is 5.06. The summed E-state index contributed by atoms with van der Waals surface area (Å²) in [5.74, 6) is 0.389. The lowest BCUT2D eigenvalue weighted by Crippen LogP contribution is -1.85. The molecule has 0 spiro atoms. The smallest absolute Gasteiger partial charge is 0.300 e. The van der Waals surface area contributed by atoms with Crippen molar-refractivity contribution >= 4 is 62.1 Å². The summed E-state index contributed by atoms with van der Waals surface area (Å²) in [7, 11) is 0. The fraction of sp³-hybridized carbons (Fsp3) is 0. The van der Waals surface area contributed by atoms with Crippen LogP contribution in [0.25, 0.3) is 0 Å². The monoisotopic (exact) mass is 358 g/mol. The summed E-state index contributed by atoms with van der Waals surface area (Å²) in [4.78, 5) is 0. The van der Waals surface area contributed by atoms with Gasteiger partial charge in [0.05, 0.1) is 15.1 Å². The van der Waals surface area contributed by atoms with Crippen LogP contribution >= 0.6 is 62.1 Å². The van der Waals surface area contributed by atoms with Gasteiger partial charge in [-0.05, 0) is 33.3 Å². The molecule has 0 unspecified atom stereocenters. The van der Waals surface area contributed by atoms with Crippen molar-refractivity contribution in [3.05, 3.63) is 31.1 Å². The molecule has 1 aromatic heterocycles. The van der Waals surface area contributed by atoms with E-state index in [4.69, 9.17) is 39.5 Å². The first kappa shape index (κ1) is 12.4. The number of halogens is 4. The summed E-state index contributed by atoms with van der Waals surface area (Å²) >= 11 is 22.0. The topological polar surface area (TPSA) is 35.0 Å². The van der Waals surface area contributed by atoms with Gasteiger partial charge in [-0.15, -0.1) is 5.10 Å². The zero-order valence-electron chi connectivity index (χ0n) is 7.38. The molecule has 0 bridgehead atoms. The van der Waals surface area contributed by atoms with Crippen LogP contribution in [0.5, 0.6) is 10.9 Å². The average Bonchev–Trinajstić information content (AvgIpc) is 2.60. The fourth-order valence-electron chi connectivity index (χ4n) is 0.911. The van der Waals surface area contributed by atoms with Crippen molar-refractivity contribution in [2.24, 2.45) is 0 Å². The van der Waals surface area contributed by atoms with Gasteiger partial charge in [-0.3, -0.25) is 0 Å². The van der Waals surface area contributed by atoms with Crippen molar-refractivity contribution in [3.63, 3.8) is 0 Å². The molecule has 1 aromatic carbocycles. The molecule has 0 aliphatic carbocycles. The van der Waals surface area contributed by atoms with Crippen molar-refractivity contribution in [1.29, 1.82) is 0 Å². The van der Waals surface area contributed by atoms with Gasteiger partial charge in [0.2, 0.25) is 0 Å². The Kier molecular flexibility index (Phi) is 3.92. The van der Waals surface area contributed by atoms with Gasteiger partial charge in [-0.2, -0.15) is 0 Å². The first-order valence-corrected chi connectivity index (χ1v) is 6.62. The third-order valence-corrected chi connectivity index (χ3v) is 3.81. The molecule has 2 rings (SSSR count). The van der Waals surface area contributed by atoms with E-state index in [0.29, 0.717) is 29.9 Å². The van der Waals surface area contributed by atoms with Gasteiger partial charge in [0, 0.05) is 6.07 Å². The number of rotatable bonds is 2. The van der Waals surface area contributed by atoms with Gasteiger partial charge < -0.3 is 4.74 Å². The van der Waals surface area contributed by atoms with E-state index in [1.54, 1.807) is 0 Å². The Balaban J connectivity index is 2.31. The first-order valence-electron chi connectivity index (χ1n) is 3.87. The summed E-state index contributed by atoms with van der Waals surface area (Å²) in [6.45, 7) is 0. The van der Waals surface area contributed by atoms with Crippen LogP contribution in [-0.4, -0.2) is 10.2 Å². The standard InChI is InChI=1S/C8H2BrCl3N2OS/c9-7-13-14-8(16-7)15-6-2-4(11)3(10)1-5(6)12/h1-2H. The maximum atomic E-state index is 5.93. The number of nitrogens with zero attached hydrogens (tertiary/aromatic N) is 2. The van der Waals surface area contributed by atoms with Crippen molar-refractivity contribution in [2.45, 2.75) is 0 Å². The molecule has 0 fully saturated rings. The second-order valence-electron chi connectivity index (χ2n) is 2.62. The van der Waals surface area contributed by atoms with Crippen molar-refractivity contribution in [1.82, 2.24) is 10.2 Å². The van der Waals surface area contributed by atoms with E-state index in [0.717, 1.165) is 0 Å². The molecule has 0 N–H and O–H groups in total. The Hall–Kier alpha value is -0.0700. The van der Waals surface area contributed by atoms with E-state index in [-0.39, 0.29) is 0 Å². The van der Waals surface area contributed by atoms with Crippen LogP contribution in [0.4, 0.5) is 0 Å². The van der Waals surface area contributed by atoms with E-state index in [1.807, 2.05) is 0 Å². The van der Waals surface area contributed by atoms with E-state index in [2.05, 4.69) is 26.1 Å². The Labute approximate surface area is 118 Å². The van der Waals surface area contributed by atoms with Crippen LogP contribution in [0.1, 0.15) is 0 Å². The molecule has 0 saturated carbocycles. The van der Waals surface area contributed by atoms with Crippen LogP contribution in [0, 0.1) is 0 Å². The summed E-state index contributed by atoms with van der Waals surface area (Å²) in [5.41, 5.74) is 0. The molecule has 16 heavy (non-hydrogen) atoms. The minimum Gasteiger partial charge on any atom is -0.428 e. The molecular weight excluding hydrogens is 358 g/mol. The molecule has 0 aliphatic heterocycles. The maximum absolute atomic E-state index is 5.93. The SMILES string of the molecule is Clc1cc(Cl)c(Oc2nnc(Br)s2)cc1Cl. The van der Waals surface area contributed by atoms with Gasteiger partial charge in [0.25, 0.3) is 5.19 Å². The van der Waals surface area contributed by atoms with Crippen LogP contribution in [-0.2, 0) is 0 Å². The minimum atomic E-state index is 0.362. The van der Waals surface area contributed by atoms with Crippen LogP contribution < -0.4 is 4.74 Å². The van der Waals surface area contributed by atoms with Crippen LogP contribution in [0.3, 0.4) is 0 Å². The highest BCUT2D eigenvalue weighted by Crippen LogP contribution is 2.37. The zero-order chi connectivity index (χ0) is 11.7. The molecule has 0 amide bonds. The minimum absolute atomic E-state index is 0.362. The number of hydrogen-bond acceptors (Lipinski definition) is 4. The summed E-state index contributed by atoms with van der Waals surface area (Å²) < 4.78 is 6.03. The lowest BCUT2D eigenvalue weighted by atomic mass is 10.3. The second-order valence-corrected chi connectivity index (χ2v) is 6.06. The number of ether oxygens (including phenoxy) is 1. The molecule has 0 saturated heterocycles. The van der Waals surface area contributed by atoms with Crippen LogP contribution in [0.2, 0.25) is 15.1 Å². The molecule has 0 radical (unpaired) electrons. The molecule has 0 atom stereocenters. The summed E-state index contributed by atoms with van der Waals surface area (Å²) in [5, 5.41) is 8.98. The predicted molar refractivity (Wildman–Crippen MR) is 69.2 cm³/mol. The van der Waals surface area contributed by atoms with Gasteiger partial charge in [-0.25, -0.2) is 0 Å². The average molecular weight is 360 g/mol. The molecule has 0 aliphatic rings. The number of aromatic nitrogens is 2. The largest absolute Gasteiger partial charge is 0.428 e. The van der Waals surface area contributed by atoms with Gasteiger partial charge in [0.15, 0.2) is 9.67 Å². The fourth-order valence-corrected chi connectivity index (χ4v) is 2.42. The summed E-state index contributed by atoms with van der Waals surface area (Å²) in [6.07, 6.45) is 0. The Morgan fingerprint density at radius 3 is 2.38 bits per heavy atom. The van der Waals surface area contributed by atoms with Gasteiger partial charge in [0.1, 0.15) is 0 Å². The molecular formula is C8H2BrCl3N2OS. The quantitative estimate of drug-likeness (QED) is 0.703.